The summed E-state index contributed by atoms with van der Waals surface area (Å²) in [4.78, 5) is 64.1. The van der Waals surface area contributed by atoms with Crippen LogP contribution in [0, 0.1) is 5.92 Å². The number of H-pyrrole nitrogens is 2. The number of likely N-dealkylation sites (tertiary alicyclic amines) is 1. The second-order valence-electron chi connectivity index (χ2n) is 11.0. The smallest absolute Gasteiger partial charge is 0.339 e. The molecule has 0 radical (unpaired) electrons. The first-order chi connectivity index (χ1) is 20.4. The molecule has 4 heterocycles. The van der Waals surface area contributed by atoms with Crippen molar-refractivity contribution < 1.29 is 23.9 Å². The number of methoxy groups -OCH3 is 1. The molecule has 3 aliphatic rings. The summed E-state index contributed by atoms with van der Waals surface area (Å²) in [7, 11) is 1.30. The van der Waals surface area contributed by atoms with E-state index < -0.39 is 11.4 Å². The summed E-state index contributed by atoms with van der Waals surface area (Å²) in [5.41, 5.74) is 4.45. The predicted octanol–water partition coefficient (Wildman–Crippen LogP) is 4.58. The third kappa shape index (κ3) is 3.41. The molecule has 2 aromatic carbocycles. The average Bonchev–Trinajstić information content (AvgIpc) is 3.31. The van der Waals surface area contributed by atoms with Crippen LogP contribution in [-0.2, 0) is 10.2 Å². The average molecular weight is 558 g/mol. The van der Waals surface area contributed by atoms with E-state index >= 15 is 0 Å². The summed E-state index contributed by atoms with van der Waals surface area (Å²) < 4.78 is 4.85. The van der Waals surface area contributed by atoms with Gasteiger partial charge < -0.3 is 24.9 Å². The van der Waals surface area contributed by atoms with Crippen LogP contribution in [0.4, 0.5) is 5.69 Å². The number of allylic oxidation sites excluding steroid dienone is 2. The minimum atomic E-state index is -0.525. The van der Waals surface area contributed by atoms with Gasteiger partial charge in [0.2, 0.25) is 5.78 Å². The predicted molar refractivity (Wildman–Crippen MR) is 153 cm³/mol. The summed E-state index contributed by atoms with van der Waals surface area (Å²) in [6.07, 6.45) is 3.65. The lowest BCUT2D eigenvalue weighted by atomic mass is 9.83. The van der Waals surface area contributed by atoms with Gasteiger partial charge in [-0.3, -0.25) is 19.4 Å². The largest absolute Gasteiger partial charge is 0.465 e. The molecule has 2 unspecified atom stereocenters. The van der Waals surface area contributed by atoms with Crippen LogP contribution in [0.2, 0.25) is 0 Å². The van der Waals surface area contributed by atoms with Crippen molar-refractivity contribution in [1.29, 1.82) is 0 Å². The van der Waals surface area contributed by atoms with E-state index in [1.54, 1.807) is 29.2 Å². The van der Waals surface area contributed by atoms with E-state index in [-0.39, 0.29) is 29.1 Å². The number of hydrogen-bond donors (Lipinski definition) is 3. The third-order valence-electron chi connectivity index (χ3n) is 8.68. The number of para-hydroxylation sites is 1. The molecule has 8 rings (SSSR count). The van der Waals surface area contributed by atoms with Crippen molar-refractivity contribution in [3.8, 4) is 0 Å². The van der Waals surface area contributed by atoms with Gasteiger partial charge in [-0.1, -0.05) is 18.2 Å². The molecular formula is C32H23N5O5. The summed E-state index contributed by atoms with van der Waals surface area (Å²) in [6.45, 7) is 0.459. The second kappa shape index (κ2) is 8.50. The zero-order valence-corrected chi connectivity index (χ0v) is 22.4. The normalized spacial score (nSPS) is 20.1. The summed E-state index contributed by atoms with van der Waals surface area (Å²) in [5, 5.41) is 4.63. The van der Waals surface area contributed by atoms with Crippen LogP contribution >= 0.6 is 0 Å². The minimum Gasteiger partial charge on any atom is -0.465 e. The number of esters is 1. The van der Waals surface area contributed by atoms with Crippen LogP contribution in [0.25, 0.3) is 21.8 Å². The molecule has 206 valence electrons. The molecule has 1 aliphatic heterocycles. The molecule has 2 fully saturated rings. The van der Waals surface area contributed by atoms with Gasteiger partial charge in [-0.05, 0) is 60.4 Å². The second-order valence-corrected chi connectivity index (χ2v) is 11.0. The van der Waals surface area contributed by atoms with Crippen molar-refractivity contribution in [2.24, 2.45) is 5.92 Å². The molecular weight excluding hydrogens is 534 g/mol. The fraction of sp³-hybridized carbons (Fsp3) is 0.156. The number of amides is 2. The van der Waals surface area contributed by atoms with Gasteiger partial charge in [0.25, 0.3) is 11.8 Å². The molecule has 3 N–H and O–H groups in total. The number of anilines is 1. The maximum absolute atomic E-state index is 13.8. The Morgan fingerprint density at radius 2 is 1.79 bits per heavy atom. The van der Waals surface area contributed by atoms with E-state index in [9.17, 15) is 19.2 Å². The van der Waals surface area contributed by atoms with Crippen LogP contribution in [0.5, 0.6) is 0 Å². The molecule has 42 heavy (non-hydrogen) atoms. The van der Waals surface area contributed by atoms with Crippen LogP contribution < -0.4 is 5.32 Å². The number of carbonyl (C=O) groups excluding carboxylic acids is 4. The van der Waals surface area contributed by atoms with Gasteiger partial charge in [0, 0.05) is 57.4 Å². The van der Waals surface area contributed by atoms with E-state index in [2.05, 4.69) is 20.3 Å². The van der Waals surface area contributed by atoms with Crippen molar-refractivity contribution in [1.82, 2.24) is 19.9 Å². The highest BCUT2D eigenvalue weighted by molar-refractivity contribution is 6.10. The molecule has 1 saturated heterocycles. The molecule has 5 aromatic rings. The number of nitrogens with one attached hydrogen (secondary N) is 3. The number of aromatic amines is 2. The Bertz CT molecular complexity index is 2040. The number of piperidine rings is 1. The molecule has 0 bridgehead atoms. The number of rotatable bonds is 4. The fourth-order valence-electron chi connectivity index (χ4n) is 6.58. The number of hydrogen-bond acceptors (Lipinski definition) is 6. The zero-order valence-electron chi connectivity index (χ0n) is 22.4. The number of benzene rings is 2. The quantitative estimate of drug-likeness (QED) is 0.277. The fourth-order valence-corrected chi connectivity index (χ4v) is 6.58. The van der Waals surface area contributed by atoms with E-state index in [1.807, 2.05) is 36.4 Å². The maximum atomic E-state index is 13.8. The number of ether oxygens (including phenoxy) is 1. The Hall–Kier alpha value is -5.51. The van der Waals surface area contributed by atoms with Gasteiger partial charge >= 0.3 is 5.97 Å². The highest BCUT2D eigenvalue weighted by Gasteiger charge is 2.67. The van der Waals surface area contributed by atoms with Crippen LogP contribution in [0.1, 0.15) is 53.8 Å². The molecule has 2 amide bonds. The first kappa shape index (κ1) is 24.3. The third-order valence-corrected chi connectivity index (χ3v) is 8.68. The number of pyridine rings is 1. The van der Waals surface area contributed by atoms with Crippen molar-refractivity contribution in [2.75, 3.05) is 19.0 Å². The SMILES string of the molecule is COC(=O)c1cnc2c(c1)C13CC1CN(C(=O)c1cc4cc(NC(=O)c5cc6ccccc6[nH]5)ccc4[nH]1)C3=CC2=O. The number of fused-ring (bicyclic) bond motifs is 3. The summed E-state index contributed by atoms with van der Waals surface area (Å²) in [5.74, 6) is -1.20. The molecule has 3 aromatic heterocycles. The van der Waals surface area contributed by atoms with Gasteiger partial charge in [0.1, 0.15) is 17.1 Å². The van der Waals surface area contributed by atoms with Gasteiger partial charge in [-0.2, -0.15) is 0 Å². The lowest BCUT2D eigenvalue weighted by Crippen LogP contribution is -2.34. The summed E-state index contributed by atoms with van der Waals surface area (Å²) in [6, 6.07) is 18.3. The van der Waals surface area contributed by atoms with Gasteiger partial charge in [0.15, 0.2) is 0 Å². The lowest BCUT2D eigenvalue weighted by molar-refractivity contribution is 0.0599. The molecule has 10 nitrogen and oxygen atoms in total. The topological polar surface area (TPSA) is 137 Å². The van der Waals surface area contributed by atoms with Crippen LogP contribution in [0.3, 0.4) is 0 Å². The Morgan fingerprint density at radius 3 is 2.62 bits per heavy atom. The van der Waals surface area contributed by atoms with Crippen LogP contribution in [-0.4, -0.2) is 57.1 Å². The first-order valence-corrected chi connectivity index (χ1v) is 13.5. The van der Waals surface area contributed by atoms with Crippen molar-refractivity contribution >= 4 is 51.1 Å². The van der Waals surface area contributed by atoms with Crippen molar-refractivity contribution in [2.45, 2.75) is 11.8 Å². The number of ketones is 1. The van der Waals surface area contributed by atoms with Crippen molar-refractivity contribution in [3.05, 3.63) is 107 Å². The van der Waals surface area contributed by atoms with E-state index in [0.29, 0.717) is 40.6 Å². The number of nitrogens with zero attached hydrogens (tertiary/aromatic N) is 2. The molecule has 10 heteroatoms. The Labute approximate surface area is 238 Å². The standard InChI is InChI=1S/C32H23N5O5/c1-42-31(41)18-9-21-28(33-14-18)26(38)12-27-32(21)13-19(32)15-37(27)30(40)25-11-17-8-20(6-7-23(17)36-25)34-29(39)24-10-16-4-2-3-5-22(16)35-24/h2-12,14,19,35-36H,13,15H2,1H3,(H,34,39). The Balaban J connectivity index is 1.06. The number of carbonyl (C=O) groups is 4. The van der Waals surface area contributed by atoms with Crippen molar-refractivity contribution in [3.63, 3.8) is 0 Å². The van der Waals surface area contributed by atoms with Gasteiger partial charge in [0.05, 0.1) is 12.7 Å². The van der Waals surface area contributed by atoms with E-state index in [0.717, 1.165) is 28.2 Å². The molecule has 2 atom stereocenters. The zero-order chi connectivity index (χ0) is 28.7. The van der Waals surface area contributed by atoms with Gasteiger partial charge in [-0.15, -0.1) is 0 Å². The maximum Gasteiger partial charge on any atom is 0.339 e. The molecule has 2 aliphatic carbocycles. The Morgan fingerprint density at radius 1 is 1.00 bits per heavy atom. The highest BCUT2D eigenvalue weighted by Crippen LogP contribution is 2.66. The lowest BCUT2D eigenvalue weighted by Gasteiger charge is -2.28. The minimum absolute atomic E-state index is 0.130. The molecule has 1 saturated carbocycles. The summed E-state index contributed by atoms with van der Waals surface area (Å²) >= 11 is 0. The molecule has 1 spiro atoms. The Kier molecular flexibility index (Phi) is 4.92. The number of aromatic nitrogens is 3. The monoisotopic (exact) mass is 557 g/mol. The van der Waals surface area contributed by atoms with Gasteiger partial charge in [-0.25, -0.2) is 4.79 Å². The first-order valence-electron chi connectivity index (χ1n) is 13.5. The van der Waals surface area contributed by atoms with Crippen LogP contribution in [0.15, 0.2) is 78.6 Å². The highest BCUT2D eigenvalue weighted by atomic mass is 16.5. The van der Waals surface area contributed by atoms with E-state index in [1.165, 1.54) is 19.4 Å². The van der Waals surface area contributed by atoms with E-state index in [4.69, 9.17) is 4.74 Å².